The number of aromatic nitrogens is 2. The third-order valence-electron chi connectivity index (χ3n) is 3.04. The van der Waals surface area contributed by atoms with Crippen molar-refractivity contribution in [3.8, 4) is 0 Å². The molecule has 0 fully saturated rings. The van der Waals surface area contributed by atoms with Gasteiger partial charge >= 0.3 is 0 Å². The fourth-order valence-corrected chi connectivity index (χ4v) is 2.98. The smallest absolute Gasteiger partial charge is 0.277 e. The Bertz CT molecular complexity index is 689. The fourth-order valence-electron chi connectivity index (χ4n) is 1.96. The van der Waals surface area contributed by atoms with Crippen LogP contribution in [-0.4, -0.2) is 28.1 Å². The summed E-state index contributed by atoms with van der Waals surface area (Å²) in [7, 11) is 1.60. The van der Waals surface area contributed by atoms with Crippen molar-refractivity contribution in [1.82, 2.24) is 9.78 Å². The van der Waals surface area contributed by atoms with E-state index in [-0.39, 0.29) is 16.9 Å². The summed E-state index contributed by atoms with van der Waals surface area (Å²) in [6, 6.07) is 5.75. The zero-order chi connectivity index (χ0) is 14.7. The van der Waals surface area contributed by atoms with Crippen molar-refractivity contribution in [2.24, 2.45) is 7.05 Å². The van der Waals surface area contributed by atoms with Gasteiger partial charge < -0.3 is 5.10 Å². The first kappa shape index (κ1) is 15.0. The van der Waals surface area contributed by atoms with Crippen molar-refractivity contribution in [3.63, 3.8) is 0 Å². The van der Waals surface area contributed by atoms with Crippen molar-refractivity contribution < 1.29 is 4.79 Å². The molecule has 0 radical (unpaired) electrons. The van der Waals surface area contributed by atoms with Crippen molar-refractivity contribution in [1.29, 1.82) is 0 Å². The average molecular weight is 308 g/mol. The van der Waals surface area contributed by atoms with Gasteiger partial charge in [-0.05, 0) is 36.3 Å². The minimum Gasteiger partial charge on any atom is -0.302 e. The molecule has 0 saturated carbocycles. The number of nitrogens with zero attached hydrogens (tertiary/aromatic N) is 1. The third-order valence-corrected chi connectivity index (χ3v) is 4.36. The van der Waals surface area contributed by atoms with Crippen LogP contribution in [-0.2, 0) is 12.8 Å². The lowest BCUT2D eigenvalue weighted by atomic mass is 10.0. The molecular weight excluding hydrogens is 292 g/mol. The van der Waals surface area contributed by atoms with E-state index < -0.39 is 0 Å². The molecule has 2 aromatic rings. The van der Waals surface area contributed by atoms with E-state index in [4.69, 9.17) is 0 Å². The standard InChI is InChI=1S/C14H16N2O2S2/c1-16-14(18)12(7-15-16)13(17)11-5-4-10(20-3)6-9(11)8-19-2/h4-7,15H,8H2,1-3H3. The summed E-state index contributed by atoms with van der Waals surface area (Å²) >= 11 is 3.30. The highest BCUT2D eigenvalue weighted by Gasteiger charge is 2.18. The van der Waals surface area contributed by atoms with Crippen LogP contribution in [0.1, 0.15) is 21.5 Å². The van der Waals surface area contributed by atoms with Gasteiger partial charge in [-0.1, -0.05) is 0 Å². The number of aryl methyl sites for hydroxylation is 1. The van der Waals surface area contributed by atoms with Gasteiger partial charge in [-0.2, -0.15) is 11.8 Å². The van der Waals surface area contributed by atoms with Crippen LogP contribution in [0.15, 0.2) is 34.1 Å². The van der Waals surface area contributed by atoms with Crippen molar-refractivity contribution in [2.45, 2.75) is 10.6 Å². The van der Waals surface area contributed by atoms with Crippen LogP contribution >= 0.6 is 23.5 Å². The van der Waals surface area contributed by atoms with Crippen molar-refractivity contribution >= 4 is 29.3 Å². The van der Waals surface area contributed by atoms with Crippen LogP contribution in [0.25, 0.3) is 0 Å². The van der Waals surface area contributed by atoms with E-state index in [1.165, 1.54) is 10.9 Å². The lowest BCUT2D eigenvalue weighted by Gasteiger charge is -2.08. The fraction of sp³-hybridized carbons (Fsp3) is 0.286. The lowest BCUT2D eigenvalue weighted by Crippen LogP contribution is -2.19. The van der Waals surface area contributed by atoms with Crippen LogP contribution in [0.4, 0.5) is 0 Å². The second-order valence-corrected chi connectivity index (χ2v) is 6.08. The molecule has 0 amide bonds. The number of carbonyl (C=O) groups excluding carboxylic acids is 1. The average Bonchev–Trinajstić information content (AvgIpc) is 2.78. The maximum atomic E-state index is 12.5. The normalized spacial score (nSPS) is 10.8. The van der Waals surface area contributed by atoms with E-state index in [9.17, 15) is 9.59 Å². The Morgan fingerprint density at radius 3 is 2.60 bits per heavy atom. The van der Waals surface area contributed by atoms with E-state index in [1.807, 2.05) is 30.7 Å². The lowest BCUT2D eigenvalue weighted by molar-refractivity contribution is 0.103. The number of H-pyrrole nitrogens is 1. The Kier molecular flexibility index (Phi) is 4.77. The molecular formula is C14H16N2O2S2. The number of rotatable bonds is 5. The quantitative estimate of drug-likeness (QED) is 0.681. The maximum absolute atomic E-state index is 12.5. The first-order chi connectivity index (χ1) is 9.58. The molecule has 2 rings (SSSR count). The van der Waals surface area contributed by atoms with Gasteiger partial charge in [0.05, 0.1) is 0 Å². The minimum absolute atomic E-state index is 0.187. The molecule has 1 heterocycles. The zero-order valence-corrected chi connectivity index (χ0v) is 13.2. The Morgan fingerprint density at radius 2 is 2.05 bits per heavy atom. The molecule has 4 nitrogen and oxygen atoms in total. The zero-order valence-electron chi connectivity index (χ0n) is 11.6. The monoisotopic (exact) mass is 308 g/mol. The predicted octanol–water partition coefficient (Wildman–Crippen LogP) is 2.53. The van der Waals surface area contributed by atoms with Crippen LogP contribution in [0.5, 0.6) is 0 Å². The summed E-state index contributed by atoms with van der Waals surface area (Å²) in [5, 5.41) is 2.74. The summed E-state index contributed by atoms with van der Waals surface area (Å²) in [5.41, 5.74) is 1.47. The van der Waals surface area contributed by atoms with Crippen LogP contribution < -0.4 is 5.56 Å². The van der Waals surface area contributed by atoms with Crippen LogP contribution in [0.2, 0.25) is 0 Å². The van der Waals surface area contributed by atoms with Gasteiger partial charge in [0.15, 0.2) is 5.78 Å². The predicted molar refractivity (Wildman–Crippen MR) is 84.9 cm³/mol. The summed E-state index contributed by atoms with van der Waals surface area (Å²) in [6.07, 6.45) is 5.47. The number of thioether (sulfide) groups is 2. The second-order valence-electron chi connectivity index (χ2n) is 4.34. The van der Waals surface area contributed by atoms with Crippen molar-refractivity contribution in [2.75, 3.05) is 12.5 Å². The topological polar surface area (TPSA) is 54.9 Å². The molecule has 20 heavy (non-hydrogen) atoms. The first-order valence-electron chi connectivity index (χ1n) is 6.03. The first-order valence-corrected chi connectivity index (χ1v) is 8.65. The van der Waals surface area contributed by atoms with E-state index in [0.717, 1.165) is 16.2 Å². The van der Waals surface area contributed by atoms with E-state index in [1.54, 1.807) is 30.6 Å². The SMILES string of the molecule is CSCc1cc(SC)ccc1C(=O)c1c[nH]n(C)c1=O. The molecule has 0 atom stereocenters. The minimum atomic E-state index is -0.293. The summed E-state index contributed by atoms with van der Waals surface area (Å²) in [6.45, 7) is 0. The molecule has 1 aromatic carbocycles. The van der Waals surface area contributed by atoms with Gasteiger partial charge in [0, 0.05) is 29.5 Å². The molecule has 0 aliphatic rings. The highest BCUT2D eigenvalue weighted by atomic mass is 32.2. The molecule has 0 spiro atoms. The van der Waals surface area contributed by atoms with Gasteiger partial charge in [0.2, 0.25) is 0 Å². The molecule has 0 bridgehead atoms. The van der Waals surface area contributed by atoms with Crippen molar-refractivity contribution in [3.05, 3.63) is 51.4 Å². The van der Waals surface area contributed by atoms with Gasteiger partial charge in [-0.3, -0.25) is 14.3 Å². The second kappa shape index (κ2) is 6.37. The summed E-state index contributed by atoms with van der Waals surface area (Å²) in [5.74, 6) is 0.531. The maximum Gasteiger partial charge on any atom is 0.277 e. The number of aromatic amines is 1. The van der Waals surface area contributed by atoms with E-state index >= 15 is 0 Å². The highest BCUT2D eigenvalue weighted by Crippen LogP contribution is 2.23. The number of benzene rings is 1. The molecule has 1 N–H and O–H groups in total. The Hall–Kier alpha value is -1.40. The number of ketones is 1. The molecule has 0 aliphatic carbocycles. The summed E-state index contributed by atoms with van der Waals surface area (Å²) < 4.78 is 1.30. The van der Waals surface area contributed by atoms with E-state index in [0.29, 0.717) is 5.56 Å². The van der Waals surface area contributed by atoms with Gasteiger partial charge in [0.1, 0.15) is 5.56 Å². The van der Waals surface area contributed by atoms with Gasteiger partial charge in [-0.15, -0.1) is 11.8 Å². The number of nitrogens with one attached hydrogen (secondary N) is 1. The third kappa shape index (κ3) is 2.86. The number of hydrogen-bond donors (Lipinski definition) is 1. The molecule has 0 aliphatic heterocycles. The Balaban J connectivity index is 2.48. The summed E-state index contributed by atoms with van der Waals surface area (Å²) in [4.78, 5) is 25.5. The number of hydrogen-bond acceptors (Lipinski definition) is 4. The largest absolute Gasteiger partial charge is 0.302 e. The van der Waals surface area contributed by atoms with Gasteiger partial charge in [0.25, 0.3) is 5.56 Å². The molecule has 0 saturated heterocycles. The Morgan fingerprint density at radius 1 is 1.30 bits per heavy atom. The van der Waals surface area contributed by atoms with Gasteiger partial charge in [-0.25, -0.2) is 0 Å². The number of carbonyl (C=O) groups is 1. The Labute approximate surface area is 125 Å². The molecule has 106 valence electrons. The highest BCUT2D eigenvalue weighted by molar-refractivity contribution is 7.98. The molecule has 0 unspecified atom stereocenters. The van der Waals surface area contributed by atoms with E-state index in [2.05, 4.69) is 5.10 Å². The molecule has 1 aromatic heterocycles. The molecule has 6 heteroatoms. The van der Waals surface area contributed by atoms with Crippen LogP contribution in [0.3, 0.4) is 0 Å². The van der Waals surface area contributed by atoms with Crippen LogP contribution in [0, 0.1) is 0 Å².